The second-order valence-electron chi connectivity index (χ2n) is 5.23. The van der Waals surface area contributed by atoms with Gasteiger partial charge < -0.3 is 9.84 Å². The maximum atomic E-state index is 13.4. The fourth-order valence-corrected chi connectivity index (χ4v) is 2.72. The standard InChI is InChI=1S/C14H17F2IO2/c1-8-2-4-9(5-3-8)14(18)19-10-6-11(15)13(17)12(16)7-10/h6-9,14,18H,2-5H2,1H3. The third-order valence-electron chi connectivity index (χ3n) is 3.68. The maximum absolute atomic E-state index is 13.4. The number of aliphatic hydroxyl groups is 1. The van der Waals surface area contributed by atoms with Crippen LogP contribution in [0.25, 0.3) is 0 Å². The van der Waals surface area contributed by atoms with Gasteiger partial charge in [0.05, 0.1) is 3.57 Å². The molecule has 1 aromatic rings. The molecule has 0 bridgehead atoms. The maximum Gasteiger partial charge on any atom is 0.200 e. The Kier molecular flexibility index (Phi) is 5.00. The molecule has 0 spiro atoms. The highest BCUT2D eigenvalue weighted by molar-refractivity contribution is 14.1. The van der Waals surface area contributed by atoms with Crippen LogP contribution < -0.4 is 4.74 Å². The summed E-state index contributed by atoms with van der Waals surface area (Å²) in [7, 11) is 0. The summed E-state index contributed by atoms with van der Waals surface area (Å²) < 4.78 is 32.0. The van der Waals surface area contributed by atoms with Crippen LogP contribution in [-0.4, -0.2) is 11.4 Å². The fraction of sp³-hybridized carbons (Fsp3) is 0.571. The van der Waals surface area contributed by atoms with E-state index in [1.54, 1.807) is 22.6 Å². The topological polar surface area (TPSA) is 29.5 Å². The molecule has 0 aromatic heterocycles. The van der Waals surface area contributed by atoms with Crippen LogP contribution >= 0.6 is 22.6 Å². The van der Waals surface area contributed by atoms with Gasteiger partial charge in [-0.3, -0.25) is 0 Å². The lowest BCUT2D eigenvalue weighted by Crippen LogP contribution is -2.30. The van der Waals surface area contributed by atoms with Gasteiger partial charge >= 0.3 is 0 Å². The molecule has 2 nitrogen and oxygen atoms in total. The summed E-state index contributed by atoms with van der Waals surface area (Å²) in [5.74, 6) is -0.570. The van der Waals surface area contributed by atoms with Crippen molar-refractivity contribution in [2.24, 2.45) is 11.8 Å². The first-order chi connectivity index (χ1) is 8.97. The van der Waals surface area contributed by atoms with Gasteiger partial charge in [0, 0.05) is 18.1 Å². The Bertz CT molecular complexity index is 422. The lowest BCUT2D eigenvalue weighted by atomic mass is 9.83. The highest BCUT2D eigenvalue weighted by Crippen LogP contribution is 2.32. The quantitative estimate of drug-likeness (QED) is 0.485. The third-order valence-corrected chi connectivity index (χ3v) is 4.71. The Morgan fingerprint density at radius 3 is 2.26 bits per heavy atom. The summed E-state index contributed by atoms with van der Waals surface area (Å²) in [6.45, 7) is 2.19. The molecular formula is C14H17F2IO2. The van der Waals surface area contributed by atoms with Gasteiger partial charge in [0.2, 0.25) is 0 Å². The average molecular weight is 382 g/mol. The van der Waals surface area contributed by atoms with Crippen LogP contribution in [0.4, 0.5) is 8.78 Å². The van der Waals surface area contributed by atoms with Crippen molar-refractivity contribution < 1.29 is 18.6 Å². The molecule has 1 saturated carbocycles. The van der Waals surface area contributed by atoms with Crippen molar-refractivity contribution in [1.29, 1.82) is 0 Å². The van der Waals surface area contributed by atoms with Crippen LogP contribution in [0.3, 0.4) is 0 Å². The third kappa shape index (κ3) is 3.78. The first-order valence-corrected chi connectivity index (χ1v) is 7.54. The van der Waals surface area contributed by atoms with E-state index < -0.39 is 17.9 Å². The van der Waals surface area contributed by atoms with Crippen molar-refractivity contribution in [3.8, 4) is 5.75 Å². The van der Waals surface area contributed by atoms with Gasteiger partial charge in [-0.25, -0.2) is 8.78 Å². The molecule has 2 rings (SSSR count). The average Bonchev–Trinajstić information content (AvgIpc) is 2.36. The zero-order valence-corrected chi connectivity index (χ0v) is 12.9. The first kappa shape index (κ1) is 15.0. The zero-order chi connectivity index (χ0) is 14.0. The lowest BCUT2D eigenvalue weighted by Gasteiger charge is -2.29. The molecule has 1 N–H and O–H groups in total. The van der Waals surface area contributed by atoms with Crippen LogP contribution in [-0.2, 0) is 0 Å². The smallest absolute Gasteiger partial charge is 0.200 e. The largest absolute Gasteiger partial charge is 0.465 e. The molecule has 1 aliphatic carbocycles. The summed E-state index contributed by atoms with van der Waals surface area (Å²) in [5.41, 5.74) is 0. The number of rotatable bonds is 3. The molecule has 1 aliphatic rings. The van der Waals surface area contributed by atoms with Gasteiger partial charge in [-0.15, -0.1) is 0 Å². The summed E-state index contributed by atoms with van der Waals surface area (Å²) >= 11 is 1.60. The predicted octanol–water partition coefficient (Wildman–Crippen LogP) is 4.09. The first-order valence-electron chi connectivity index (χ1n) is 6.46. The van der Waals surface area contributed by atoms with Crippen LogP contribution in [0.2, 0.25) is 0 Å². The number of aliphatic hydroxyl groups excluding tert-OH is 1. The summed E-state index contributed by atoms with van der Waals surface area (Å²) in [4.78, 5) is 0. The predicted molar refractivity (Wildman–Crippen MR) is 76.8 cm³/mol. The van der Waals surface area contributed by atoms with Crippen LogP contribution in [0, 0.1) is 27.0 Å². The highest BCUT2D eigenvalue weighted by Gasteiger charge is 2.26. The van der Waals surface area contributed by atoms with Crippen molar-refractivity contribution in [1.82, 2.24) is 0 Å². The molecular weight excluding hydrogens is 365 g/mol. The molecule has 19 heavy (non-hydrogen) atoms. The van der Waals surface area contributed by atoms with E-state index in [4.69, 9.17) is 4.74 Å². The van der Waals surface area contributed by atoms with E-state index in [2.05, 4.69) is 6.92 Å². The fourth-order valence-electron chi connectivity index (χ4n) is 2.41. The Hall–Kier alpha value is -0.430. The summed E-state index contributed by atoms with van der Waals surface area (Å²) in [5, 5.41) is 10.00. The van der Waals surface area contributed by atoms with Gasteiger partial charge in [-0.2, -0.15) is 0 Å². The number of halogens is 3. The van der Waals surface area contributed by atoms with E-state index >= 15 is 0 Å². The van der Waals surface area contributed by atoms with Crippen molar-refractivity contribution in [2.45, 2.75) is 38.9 Å². The Balaban J connectivity index is 2.00. The second kappa shape index (κ2) is 6.35. The molecule has 1 fully saturated rings. The van der Waals surface area contributed by atoms with Gasteiger partial charge in [0.15, 0.2) is 6.29 Å². The minimum Gasteiger partial charge on any atom is -0.465 e. The molecule has 0 aliphatic heterocycles. The molecule has 0 heterocycles. The Morgan fingerprint density at radius 1 is 1.21 bits per heavy atom. The van der Waals surface area contributed by atoms with E-state index in [0.29, 0.717) is 5.92 Å². The molecule has 1 aromatic carbocycles. The van der Waals surface area contributed by atoms with Crippen molar-refractivity contribution >= 4 is 22.6 Å². The molecule has 0 radical (unpaired) electrons. The van der Waals surface area contributed by atoms with Crippen molar-refractivity contribution in [3.63, 3.8) is 0 Å². The van der Waals surface area contributed by atoms with E-state index in [0.717, 1.165) is 37.8 Å². The number of hydrogen-bond acceptors (Lipinski definition) is 2. The molecule has 1 atom stereocenters. The van der Waals surface area contributed by atoms with Gasteiger partial charge in [0.25, 0.3) is 0 Å². The number of benzene rings is 1. The van der Waals surface area contributed by atoms with Gasteiger partial charge in [-0.05, 0) is 41.4 Å². The summed E-state index contributed by atoms with van der Waals surface area (Å²) in [6, 6.07) is 2.22. The summed E-state index contributed by atoms with van der Waals surface area (Å²) in [6.07, 6.45) is 2.89. The Morgan fingerprint density at radius 2 is 1.74 bits per heavy atom. The van der Waals surface area contributed by atoms with Crippen LogP contribution in [0.1, 0.15) is 32.6 Å². The number of hydrogen-bond donors (Lipinski definition) is 1. The highest BCUT2D eigenvalue weighted by atomic mass is 127. The van der Waals surface area contributed by atoms with Crippen LogP contribution in [0.5, 0.6) is 5.75 Å². The number of ether oxygens (including phenoxy) is 1. The Labute approximate surface area is 125 Å². The van der Waals surface area contributed by atoms with Crippen molar-refractivity contribution in [2.75, 3.05) is 0 Å². The van der Waals surface area contributed by atoms with E-state index in [9.17, 15) is 13.9 Å². The van der Waals surface area contributed by atoms with Crippen LogP contribution in [0.15, 0.2) is 12.1 Å². The lowest BCUT2D eigenvalue weighted by molar-refractivity contribution is -0.0755. The van der Waals surface area contributed by atoms with E-state index in [-0.39, 0.29) is 15.2 Å². The second-order valence-corrected chi connectivity index (χ2v) is 6.31. The minimum atomic E-state index is -0.994. The molecule has 0 amide bonds. The van der Waals surface area contributed by atoms with E-state index in [1.807, 2.05) is 0 Å². The SMILES string of the molecule is CC1CCC(C(O)Oc2cc(F)c(I)c(F)c2)CC1. The van der Waals surface area contributed by atoms with Gasteiger partial charge in [0.1, 0.15) is 17.4 Å². The normalized spacial score (nSPS) is 25.1. The molecule has 0 saturated heterocycles. The minimum absolute atomic E-state index is 0.0431. The molecule has 1 unspecified atom stereocenters. The van der Waals surface area contributed by atoms with Crippen molar-refractivity contribution in [3.05, 3.63) is 27.3 Å². The zero-order valence-electron chi connectivity index (χ0n) is 10.7. The molecule has 106 valence electrons. The van der Waals surface area contributed by atoms with Gasteiger partial charge in [-0.1, -0.05) is 19.8 Å². The molecule has 5 heteroatoms. The van der Waals surface area contributed by atoms with E-state index in [1.165, 1.54) is 0 Å². The monoisotopic (exact) mass is 382 g/mol.